The van der Waals surface area contributed by atoms with E-state index in [4.69, 9.17) is 4.98 Å². The minimum Gasteiger partial charge on any atom is -0.325 e. The Hall–Kier alpha value is -1.09. The molecule has 1 aliphatic carbocycles. The average Bonchev–Trinajstić information content (AvgIpc) is 2.67. The lowest BCUT2D eigenvalue weighted by atomic mass is 9.76. The second kappa shape index (κ2) is 6.99. The zero-order chi connectivity index (χ0) is 16.4. The van der Waals surface area contributed by atoms with E-state index in [0.29, 0.717) is 6.04 Å². The van der Waals surface area contributed by atoms with Crippen LogP contribution in [0, 0.1) is 13.8 Å². The zero-order valence-electron chi connectivity index (χ0n) is 14.6. The van der Waals surface area contributed by atoms with Gasteiger partial charge in [-0.25, -0.2) is 4.98 Å². The predicted molar refractivity (Wildman–Crippen MR) is 98.5 cm³/mol. The van der Waals surface area contributed by atoms with Crippen molar-refractivity contribution in [2.24, 2.45) is 0 Å². The number of hydrogen-bond acceptors (Lipinski definition) is 1. The predicted octanol–water partition coefficient (Wildman–Crippen LogP) is 6.41. The third kappa shape index (κ3) is 2.64. The Labute approximate surface area is 143 Å². The Morgan fingerprint density at radius 2 is 1.73 bits per heavy atom. The molecule has 22 heavy (non-hydrogen) atoms. The highest BCUT2D eigenvalue weighted by Crippen LogP contribution is 2.52. The van der Waals surface area contributed by atoms with Crippen molar-refractivity contribution in [3.8, 4) is 11.4 Å². The van der Waals surface area contributed by atoms with E-state index in [9.17, 15) is 0 Å². The molecule has 2 bridgehead atoms. The van der Waals surface area contributed by atoms with Crippen LogP contribution in [0.25, 0.3) is 11.4 Å². The highest BCUT2D eigenvalue weighted by molar-refractivity contribution is 9.10. The van der Waals surface area contributed by atoms with E-state index in [1.807, 2.05) is 27.7 Å². The number of aryl methyl sites for hydroxylation is 1. The first kappa shape index (κ1) is 17.3. The van der Waals surface area contributed by atoms with Crippen LogP contribution in [0.3, 0.4) is 0 Å². The fraction of sp³-hybridized carbons (Fsp3) is 0.526. The second-order valence-electron chi connectivity index (χ2n) is 5.53. The van der Waals surface area contributed by atoms with Crippen molar-refractivity contribution in [1.29, 1.82) is 0 Å². The molecule has 0 N–H and O–H groups in total. The van der Waals surface area contributed by atoms with Crippen LogP contribution in [0.2, 0.25) is 0 Å². The minimum atomic E-state index is 0.664. The molecule has 1 saturated carbocycles. The lowest BCUT2D eigenvalue weighted by molar-refractivity contribution is 0.271. The summed E-state index contributed by atoms with van der Waals surface area (Å²) in [6.45, 7) is 12.3. The van der Waals surface area contributed by atoms with Crippen LogP contribution < -0.4 is 0 Å². The quantitative estimate of drug-likeness (QED) is 0.528. The Balaban J connectivity index is 0.000000410. The van der Waals surface area contributed by atoms with Gasteiger partial charge < -0.3 is 4.57 Å². The summed E-state index contributed by atoms with van der Waals surface area (Å²) in [5.41, 5.74) is 5.31. The standard InChI is InChI=1S/C15H15BrN2.2C2H6/c1-8-9(2)18-12-5-10(6-12)13-4-3-11(16)7-14(13)15(18)17-8;2*1-2/h3-4,7,10,12H,5-6H2,1-2H3;2*1-2H3. The summed E-state index contributed by atoms with van der Waals surface area (Å²) in [7, 11) is 0. The molecule has 2 aliphatic heterocycles. The lowest BCUT2D eigenvalue weighted by Gasteiger charge is -2.35. The molecule has 2 nitrogen and oxygen atoms in total. The molecule has 0 unspecified atom stereocenters. The Bertz CT molecular complexity index is 652. The number of nitrogens with zero attached hydrogens (tertiary/aromatic N) is 2. The molecule has 0 saturated heterocycles. The van der Waals surface area contributed by atoms with Gasteiger partial charge in [-0.05, 0) is 50.3 Å². The van der Waals surface area contributed by atoms with Crippen LogP contribution >= 0.6 is 15.9 Å². The Morgan fingerprint density at radius 3 is 2.36 bits per heavy atom. The summed E-state index contributed by atoms with van der Waals surface area (Å²) in [5, 5.41) is 0. The van der Waals surface area contributed by atoms with E-state index < -0.39 is 0 Å². The zero-order valence-corrected chi connectivity index (χ0v) is 16.2. The van der Waals surface area contributed by atoms with E-state index in [1.54, 1.807) is 0 Å². The van der Waals surface area contributed by atoms with Crippen molar-refractivity contribution in [1.82, 2.24) is 9.55 Å². The number of rotatable bonds is 0. The highest BCUT2D eigenvalue weighted by atomic mass is 79.9. The Kier molecular flexibility index (Phi) is 5.49. The van der Waals surface area contributed by atoms with Crippen LogP contribution in [0.1, 0.15) is 69.4 Å². The summed E-state index contributed by atoms with van der Waals surface area (Å²) >= 11 is 3.59. The number of halogens is 1. The molecule has 2 aromatic rings. The fourth-order valence-electron chi connectivity index (χ4n) is 3.39. The van der Waals surface area contributed by atoms with E-state index in [0.717, 1.165) is 10.4 Å². The smallest absolute Gasteiger partial charge is 0.141 e. The largest absolute Gasteiger partial charge is 0.325 e. The van der Waals surface area contributed by atoms with Gasteiger partial charge in [0.05, 0.1) is 5.69 Å². The van der Waals surface area contributed by atoms with Gasteiger partial charge in [0, 0.05) is 21.8 Å². The summed E-state index contributed by atoms with van der Waals surface area (Å²) in [5.74, 6) is 1.91. The normalized spacial score (nSPS) is 20.1. The van der Waals surface area contributed by atoms with Crippen molar-refractivity contribution in [2.75, 3.05) is 0 Å². The van der Waals surface area contributed by atoms with Crippen molar-refractivity contribution >= 4 is 15.9 Å². The maximum absolute atomic E-state index is 4.81. The number of imidazole rings is 1. The molecular formula is C19H27BrN2. The topological polar surface area (TPSA) is 17.8 Å². The van der Waals surface area contributed by atoms with Crippen molar-refractivity contribution in [3.63, 3.8) is 0 Å². The monoisotopic (exact) mass is 362 g/mol. The number of benzene rings is 1. The SMILES string of the molecule is CC.CC.Cc1nc2n(c1C)C1CC(C1)c1ccc(Br)cc1-2. The summed E-state index contributed by atoms with van der Waals surface area (Å²) < 4.78 is 3.61. The average molecular weight is 363 g/mol. The summed E-state index contributed by atoms with van der Waals surface area (Å²) in [4.78, 5) is 4.81. The highest BCUT2D eigenvalue weighted by Gasteiger charge is 2.39. The van der Waals surface area contributed by atoms with Crippen molar-refractivity contribution < 1.29 is 0 Å². The molecule has 0 amide bonds. The molecule has 1 fully saturated rings. The van der Waals surface area contributed by atoms with Gasteiger partial charge in [0.1, 0.15) is 5.82 Å². The first-order valence-electron chi connectivity index (χ1n) is 8.50. The van der Waals surface area contributed by atoms with E-state index in [1.165, 1.54) is 41.2 Å². The van der Waals surface area contributed by atoms with E-state index in [2.05, 4.69) is 52.5 Å². The molecule has 120 valence electrons. The number of hydrogen-bond donors (Lipinski definition) is 0. The maximum Gasteiger partial charge on any atom is 0.141 e. The third-order valence-electron chi connectivity index (χ3n) is 4.56. The first-order chi connectivity index (χ1) is 10.6. The molecule has 3 heterocycles. The molecule has 1 aromatic heterocycles. The van der Waals surface area contributed by atoms with E-state index >= 15 is 0 Å². The van der Waals surface area contributed by atoms with Crippen LogP contribution in [-0.2, 0) is 0 Å². The van der Waals surface area contributed by atoms with Crippen LogP contribution in [0.5, 0.6) is 0 Å². The van der Waals surface area contributed by atoms with E-state index in [-0.39, 0.29) is 0 Å². The number of aromatic nitrogens is 2. The molecule has 0 radical (unpaired) electrons. The minimum absolute atomic E-state index is 0.664. The van der Waals surface area contributed by atoms with Crippen molar-refractivity contribution in [2.45, 2.75) is 66.3 Å². The van der Waals surface area contributed by atoms with Gasteiger partial charge in [0.25, 0.3) is 0 Å². The molecule has 1 aromatic carbocycles. The van der Waals surface area contributed by atoms with Crippen LogP contribution in [0.4, 0.5) is 0 Å². The molecule has 0 spiro atoms. The second-order valence-corrected chi connectivity index (χ2v) is 6.45. The van der Waals surface area contributed by atoms with Crippen LogP contribution in [0.15, 0.2) is 22.7 Å². The van der Waals surface area contributed by atoms with Crippen LogP contribution in [-0.4, -0.2) is 9.55 Å². The fourth-order valence-corrected chi connectivity index (χ4v) is 3.76. The van der Waals surface area contributed by atoms with Gasteiger partial charge in [0.15, 0.2) is 0 Å². The lowest BCUT2D eigenvalue weighted by Crippen LogP contribution is -2.23. The molecule has 0 atom stereocenters. The third-order valence-corrected chi connectivity index (χ3v) is 5.05. The summed E-state index contributed by atoms with van der Waals surface area (Å²) in [6, 6.07) is 7.32. The Morgan fingerprint density at radius 1 is 1.09 bits per heavy atom. The van der Waals surface area contributed by atoms with Crippen molar-refractivity contribution in [3.05, 3.63) is 39.6 Å². The molecule has 3 heteroatoms. The van der Waals surface area contributed by atoms with Gasteiger partial charge >= 0.3 is 0 Å². The van der Waals surface area contributed by atoms with Gasteiger partial charge in [-0.15, -0.1) is 0 Å². The first-order valence-corrected chi connectivity index (χ1v) is 9.29. The summed E-state index contributed by atoms with van der Waals surface area (Å²) in [6.07, 6.45) is 2.55. The van der Waals surface area contributed by atoms with Gasteiger partial charge in [0.2, 0.25) is 0 Å². The van der Waals surface area contributed by atoms with Gasteiger partial charge in [-0.2, -0.15) is 0 Å². The van der Waals surface area contributed by atoms with Gasteiger partial charge in [-0.1, -0.05) is 49.7 Å². The maximum atomic E-state index is 4.81. The van der Waals surface area contributed by atoms with Gasteiger partial charge in [-0.3, -0.25) is 0 Å². The molecular weight excluding hydrogens is 336 g/mol. The molecule has 3 aliphatic rings. The molecule has 5 rings (SSSR count).